The van der Waals surface area contributed by atoms with Crippen molar-refractivity contribution in [2.45, 2.75) is 32.9 Å². The Labute approximate surface area is 168 Å². The van der Waals surface area contributed by atoms with E-state index in [2.05, 4.69) is 10.3 Å². The fourth-order valence-electron chi connectivity index (χ4n) is 3.16. The van der Waals surface area contributed by atoms with Crippen LogP contribution in [0.1, 0.15) is 18.9 Å². The molecule has 0 spiro atoms. The van der Waals surface area contributed by atoms with Gasteiger partial charge in [-0.3, -0.25) is 13.9 Å². The van der Waals surface area contributed by atoms with Gasteiger partial charge in [0.05, 0.1) is 6.54 Å². The number of hydrogen-bond donors (Lipinski definition) is 2. The SMILES string of the molecule is CCCNc1nc2c(c(=O)n(C)c(=O)n2C)n1C[C@@H](O)COc1cccc(C)c1. The molecule has 0 aliphatic rings. The number of aryl methyl sites for hydroxylation is 2. The number of imidazole rings is 1. The average Bonchev–Trinajstić information content (AvgIpc) is 3.06. The molecule has 0 aliphatic carbocycles. The number of aliphatic hydroxyl groups is 1. The summed E-state index contributed by atoms with van der Waals surface area (Å²) in [6.07, 6.45) is -0.0175. The van der Waals surface area contributed by atoms with Crippen LogP contribution in [-0.4, -0.2) is 43.0 Å². The molecule has 0 bridgehead atoms. The molecule has 0 unspecified atom stereocenters. The van der Waals surface area contributed by atoms with Crippen molar-refractivity contribution in [1.82, 2.24) is 18.7 Å². The van der Waals surface area contributed by atoms with E-state index in [0.29, 0.717) is 18.2 Å². The van der Waals surface area contributed by atoms with Gasteiger partial charge in [0.25, 0.3) is 5.56 Å². The molecule has 0 saturated heterocycles. The number of aromatic nitrogens is 4. The zero-order valence-corrected chi connectivity index (χ0v) is 17.2. The summed E-state index contributed by atoms with van der Waals surface area (Å²) in [4.78, 5) is 29.4. The first-order valence-electron chi connectivity index (χ1n) is 9.61. The van der Waals surface area contributed by atoms with Gasteiger partial charge in [-0.05, 0) is 31.0 Å². The molecular formula is C20H27N5O4. The van der Waals surface area contributed by atoms with Gasteiger partial charge in [0, 0.05) is 20.6 Å². The molecule has 2 heterocycles. The van der Waals surface area contributed by atoms with Gasteiger partial charge in [-0.1, -0.05) is 19.1 Å². The van der Waals surface area contributed by atoms with Gasteiger partial charge in [-0.25, -0.2) is 4.79 Å². The van der Waals surface area contributed by atoms with Crippen molar-refractivity contribution in [2.24, 2.45) is 14.1 Å². The van der Waals surface area contributed by atoms with Crippen LogP contribution in [-0.2, 0) is 20.6 Å². The zero-order chi connectivity index (χ0) is 21.1. The third-order valence-electron chi connectivity index (χ3n) is 4.71. The van der Waals surface area contributed by atoms with Gasteiger partial charge in [0.1, 0.15) is 18.5 Å². The second-order valence-electron chi connectivity index (χ2n) is 7.13. The molecule has 156 valence electrons. The van der Waals surface area contributed by atoms with Crippen LogP contribution in [0.3, 0.4) is 0 Å². The molecule has 9 nitrogen and oxygen atoms in total. The molecule has 0 radical (unpaired) electrons. The van der Waals surface area contributed by atoms with E-state index in [1.54, 1.807) is 11.6 Å². The van der Waals surface area contributed by atoms with Crippen LogP contribution in [0.2, 0.25) is 0 Å². The van der Waals surface area contributed by atoms with Gasteiger partial charge in [0.15, 0.2) is 11.2 Å². The predicted octanol–water partition coefficient (Wildman–Crippen LogP) is 1.00. The fraction of sp³-hybridized carbons (Fsp3) is 0.450. The number of fused-ring (bicyclic) bond motifs is 1. The highest BCUT2D eigenvalue weighted by molar-refractivity contribution is 5.74. The number of nitrogens with zero attached hydrogens (tertiary/aromatic N) is 4. The first-order valence-corrected chi connectivity index (χ1v) is 9.61. The number of rotatable bonds is 8. The summed E-state index contributed by atoms with van der Waals surface area (Å²) in [5.41, 5.74) is 0.712. The summed E-state index contributed by atoms with van der Waals surface area (Å²) in [5.74, 6) is 1.11. The Kier molecular flexibility index (Phi) is 6.07. The van der Waals surface area contributed by atoms with Crippen molar-refractivity contribution in [3.8, 4) is 5.75 Å². The largest absolute Gasteiger partial charge is 0.491 e. The van der Waals surface area contributed by atoms with Crippen molar-refractivity contribution in [3.63, 3.8) is 0 Å². The topological polar surface area (TPSA) is 103 Å². The molecule has 0 aliphatic heterocycles. The summed E-state index contributed by atoms with van der Waals surface area (Å²) in [7, 11) is 3.00. The maximum absolute atomic E-state index is 12.8. The van der Waals surface area contributed by atoms with E-state index in [1.165, 1.54) is 11.6 Å². The zero-order valence-electron chi connectivity index (χ0n) is 17.2. The molecule has 0 amide bonds. The molecule has 29 heavy (non-hydrogen) atoms. The minimum absolute atomic E-state index is 0.0580. The van der Waals surface area contributed by atoms with Crippen molar-refractivity contribution in [1.29, 1.82) is 0 Å². The van der Waals surface area contributed by atoms with E-state index in [1.807, 2.05) is 38.1 Å². The van der Waals surface area contributed by atoms with Gasteiger partial charge in [-0.15, -0.1) is 0 Å². The molecule has 1 aromatic carbocycles. The van der Waals surface area contributed by atoms with Gasteiger partial charge >= 0.3 is 5.69 Å². The smallest absolute Gasteiger partial charge is 0.332 e. The Morgan fingerprint density at radius 3 is 2.69 bits per heavy atom. The van der Waals surface area contributed by atoms with E-state index >= 15 is 0 Å². The highest BCUT2D eigenvalue weighted by Gasteiger charge is 2.21. The third-order valence-corrected chi connectivity index (χ3v) is 4.71. The summed E-state index contributed by atoms with van der Waals surface area (Å²) in [6, 6.07) is 7.56. The summed E-state index contributed by atoms with van der Waals surface area (Å²) >= 11 is 0. The number of benzene rings is 1. The Morgan fingerprint density at radius 2 is 2.00 bits per heavy atom. The normalized spacial score (nSPS) is 12.3. The third kappa shape index (κ3) is 4.19. The van der Waals surface area contributed by atoms with E-state index in [0.717, 1.165) is 16.6 Å². The van der Waals surface area contributed by atoms with Crippen LogP contribution in [0.15, 0.2) is 33.9 Å². The lowest BCUT2D eigenvalue weighted by Crippen LogP contribution is -2.38. The van der Waals surface area contributed by atoms with Crippen molar-refractivity contribution >= 4 is 17.1 Å². The monoisotopic (exact) mass is 401 g/mol. The van der Waals surface area contributed by atoms with Crippen LogP contribution in [0, 0.1) is 6.92 Å². The first-order chi connectivity index (χ1) is 13.8. The van der Waals surface area contributed by atoms with Gasteiger partial charge in [0.2, 0.25) is 5.95 Å². The fourth-order valence-corrected chi connectivity index (χ4v) is 3.16. The molecular weight excluding hydrogens is 374 g/mol. The lowest BCUT2D eigenvalue weighted by atomic mass is 10.2. The number of hydrogen-bond acceptors (Lipinski definition) is 6. The average molecular weight is 401 g/mol. The lowest BCUT2D eigenvalue weighted by molar-refractivity contribution is 0.0938. The summed E-state index contributed by atoms with van der Waals surface area (Å²) in [5, 5.41) is 13.7. The van der Waals surface area contributed by atoms with Gasteiger partial charge in [-0.2, -0.15) is 4.98 Å². The van der Waals surface area contributed by atoms with Crippen LogP contribution in [0.25, 0.3) is 11.2 Å². The van der Waals surface area contributed by atoms with Crippen molar-refractivity contribution < 1.29 is 9.84 Å². The van der Waals surface area contributed by atoms with Crippen LogP contribution >= 0.6 is 0 Å². The molecule has 2 N–H and O–H groups in total. The highest BCUT2D eigenvalue weighted by atomic mass is 16.5. The number of ether oxygens (including phenoxy) is 1. The minimum atomic E-state index is -0.878. The lowest BCUT2D eigenvalue weighted by Gasteiger charge is -2.16. The van der Waals surface area contributed by atoms with Crippen LogP contribution in [0.4, 0.5) is 5.95 Å². The quantitative estimate of drug-likeness (QED) is 0.584. The maximum atomic E-state index is 12.8. The second-order valence-corrected chi connectivity index (χ2v) is 7.13. The second kappa shape index (κ2) is 8.52. The molecule has 0 fully saturated rings. The Morgan fingerprint density at radius 1 is 1.24 bits per heavy atom. The number of nitrogens with one attached hydrogen (secondary N) is 1. The summed E-state index contributed by atoms with van der Waals surface area (Å²) in [6.45, 7) is 4.78. The molecule has 1 atom stereocenters. The van der Waals surface area contributed by atoms with Crippen molar-refractivity contribution in [2.75, 3.05) is 18.5 Å². The van der Waals surface area contributed by atoms with E-state index in [4.69, 9.17) is 4.74 Å². The summed E-state index contributed by atoms with van der Waals surface area (Å²) < 4.78 is 9.68. The molecule has 9 heteroatoms. The van der Waals surface area contributed by atoms with Crippen LogP contribution < -0.4 is 21.3 Å². The molecule has 3 aromatic rings. The van der Waals surface area contributed by atoms with E-state index < -0.39 is 17.4 Å². The minimum Gasteiger partial charge on any atom is -0.491 e. The number of anilines is 1. The van der Waals surface area contributed by atoms with Crippen molar-refractivity contribution in [3.05, 3.63) is 50.7 Å². The molecule has 0 saturated carbocycles. The molecule has 2 aromatic heterocycles. The Balaban J connectivity index is 1.93. The number of aliphatic hydroxyl groups excluding tert-OH is 1. The van der Waals surface area contributed by atoms with E-state index in [9.17, 15) is 14.7 Å². The molecule has 3 rings (SSSR count). The maximum Gasteiger partial charge on any atom is 0.332 e. The first kappa shape index (κ1) is 20.7. The Bertz CT molecular complexity index is 1130. The van der Waals surface area contributed by atoms with Gasteiger partial charge < -0.3 is 19.7 Å². The standard InChI is InChI=1S/C20H27N5O4/c1-5-9-21-19-22-17-16(18(27)24(4)20(28)23(17)3)25(19)11-14(26)12-29-15-8-6-7-13(2)10-15/h6-8,10,14,26H,5,9,11-12H2,1-4H3,(H,21,22)/t14-/m1/s1. The Hall–Kier alpha value is -3.07. The highest BCUT2D eigenvalue weighted by Crippen LogP contribution is 2.17. The van der Waals surface area contributed by atoms with E-state index in [-0.39, 0.29) is 24.3 Å². The van der Waals surface area contributed by atoms with Crippen LogP contribution in [0.5, 0.6) is 5.75 Å². The predicted molar refractivity (Wildman–Crippen MR) is 112 cm³/mol.